The number of ether oxygens (including phenoxy) is 1. The molecule has 1 heterocycles. The van der Waals surface area contributed by atoms with Gasteiger partial charge in [0.05, 0.1) is 18.2 Å². The summed E-state index contributed by atoms with van der Waals surface area (Å²) >= 11 is 0. The maximum atomic E-state index is 13.1. The van der Waals surface area contributed by atoms with Gasteiger partial charge in [-0.05, 0) is 57.1 Å². The SMILES string of the molecule is CCCN(CCC)CCCNC(=O)c1nn(-c2cccc(OC)c2)c(=O)c2ccccc12. The molecule has 0 unspecified atom stereocenters. The molecular weight excluding hydrogens is 404 g/mol. The maximum absolute atomic E-state index is 13.1. The highest BCUT2D eigenvalue weighted by Gasteiger charge is 2.17. The van der Waals surface area contributed by atoms with Crippen LogP contribution in [0, 0.1) is 0 Å². The van der Waals surface area contributed by atoms with Gasteiger partial charge in [0.2, 0.25) is 0 Å². The predicted molar refractivity (Wildman–Crippen MR) is 128 cm³/mol. The molecule has 0 aliphatic carbocycles. The largest absolute Gasteiger partial charge is 0.497 e. The number of benzene rings is 2. The normalized spacial score (nSPS) is 11.1. The van der Waals surface area contributed by atoms with Gasteiger partial charge in [-0.15, -0.1) is 0 Å². The predicted octanol–water partition coefficient (Wildman–Crippen LogP) is 3.64. The Morgan fingerprint density at radius 3 is 2.44 bits per heavy atom. The van der Waals surface area contributed by atoms with E-state index in [4.69, 9.17) is 4.74 Å². The molecule has 0 atom stereocenters. The van der Waals surface area contributed by atoms with Crippen molar-refractivity contribution in [2.45, 2.75) is 33.1 Å². The van der Waals surface area contributed by atoms with Crippen LogP contribution in [0.15, 0.2) is 53.3 Å². The number of nitrogens with zero attached hydrogens (tertiary/aromatic N) is 3. The van der Waals surface area contributed by atoms with Crippen molar-refractivity contribution in [1.82, 2.24) is 20.0 Å². The van der Waals surface area contributed by atoms with Crippen LogP contribution in [0.2, 0.25) is 0 Å². The van der Waals surface area contributed by atoms with E-state index in [0.717, 1.165) is 38.9 Å². The molecular formula is C25H32N4O3. The lowest BCUT2D eigenvalue weighted by atomic mass is 10.1. The molecule has 0 saturated heterocycles. The van der Waals surface area contributed by atoms with Crippen molar-refractivity contribution in [3.63, 3.8) is 0 Å². The average Bonchev–Trinajstić information content (AvgIpc) is 2.82. The zero-order valence-corrected chi connectivity index (χ0v) is 19.1. The van der Waals surface area contributed by atoms with E-state index < -0.39 is 0 Å². The molecule has 1 N–H and O–H groups in total. The van der Waals surface area contributed by atoms with E-state index >= 15 is 0 Å². The molecule has 3 rings (SSSR count). The third kappa shape index (κ3) is 5.53. The van der Waals surface area contributed by atoms with Gasteiger partial charge in [0, 0.05) is 18.0 Å². The second-order valence-corrected chi connectivity index (χ2v) is 7.76. The molecule has 0 bridgehead atoms. The Hall–Kier alpha value is -3.19. The minimum absolute atomic E-state index is 0.238. The second-order valence-electron chi connectivity index (χ2n) is 7.76. The first-order chi connectivity index (χ1) is 15.6. The number of fused-ring (bicyclic) bond motifs is 1. The Labute approximate surface area is 189 Å². The first-order valence-corrected chi connectivity index (χ1v) is 11.3. The number of aromatic nitrogens is 2. The van der Waals surface area contributed by atoms with Gasteiger partial charge in [0.1, 0.15) is 5.75 Å². The van der Waals surface area contributed by atoms with Crippen molar-refractivity contribution in [2.24, 2.45) is 0 Å². The fourth-order valence-electron chi connectivity index (χ4n) is 3.83. The summed E-state index contributed by atoms with van der Waals surface area (Å²) < 4.78 is 6.54. The molecule has 1 amide bonds. The van der Waals surface area contributed by atoms with Crippen LogP contribution in [0.5, 0.6) is 5.75 Å². The lowest BCUT2D eigenvalue weighted by Gasteiger charge is -2.20. The number of hydrogen-bond acceptors (Lipinski definition) is 5. The number of methoxy groups -OCH3 is 1. The highest BCUT2D eigenvalue weighted by Crippen LogP contribution is 2.18. The minimum atomic E-state index is -0.282. The van der Waals surface area contributed by atoms with Crippen LogP contribution >= 0.6 is 0 Å². The number of amides is 1. The quantitative estimate of drug-likeness (QED) is 0.465. The van der Waals surface area contributed by atoms with E-state index in [0.29, 0.717) is 28.8 Å². The van der Waals surface area contributed by atoms with Crippen LogP contribution < -0.4 is 15.6 Å². The van der Waals surface area contributed by atoms with E-state index in [-0.39, 0.29) is 17.2 Å². The monoisotopic (exact) mass is 436 g/mol. The lowest BCUT2D eigenvalue weighted by Crippen LogP contribution is -2.33. The zero-order valence-electron chi connectivity index (χ0n) is 19.1. The van der Waals surface area contributed by atoms with Crippen LogP contribution in [0.25, 0.3) is 16.5 Å². The van der Waals surface area contributed by atoms with Crippen LogP contribution in [0.4, 0.5) is 0 Å². The Kier molecular flexibility index (Phi) is 8.39. The van der Waals surface area contributed by atoms with Gasteiger partial charge in [-0.25, -0.2) is 0 Å². The van der Waals surface area contributed by atoms with Crippen molar-refractivity contribution in [1.29, 1.82) is 0 Å². The minimum Gasteiger partial charge on any atom is -0.497 e. The Morgan fingerprint density at radius 2 is 1.75 bits per heavy atom. The molecule has 0 aliphatic heterocycles. The molecule has 3 aromatic rings. The topological polar surface area (TPSA) is 76.5 Å². The van der Waals surface area contributed by atoms with Crippen molar-refractivity contribution >= 4 is 16.7 Å². The van der Waals surface area contributed by atoms with E-state index in [9.17, 15) is 9.59 Å². The summed E-state index contributed by atoms with van der Waals surface area (Å²) in [7, 11) is 1.57. The lowest BCUT2D eigenvalue weighted by molar-refractivity contribution is 0.0946. The van der Waals surface area contributed by atoms with Crippen molar-refractivity contribution in [3.05, 3.63) is 64.6 Å². The third-order valence-corrected chi connectivity index (χ3v) is 5.33. The van der Waals surface area contributed by atoms with Gasteiger partial charge in [0.25, 0.3) is 11.5 Å². The van der Waals surface area contributed by atoms with Gasteiger partial charge < -0.3 is 15.0 Å². The summed E-state index contributed by atoms with van der Waals surface area (Å²) in [6.07, 6.45) is 3.10. The van der Waals surface area contributed by atoms with Crippen molar-refractivity contribution in [3.8, 4) is 11.4 Å². The third-order valence-electron chi connectivity index (χ3n) is 5.33. The number of nitrogens with one attached hydrogen (secondary N) is 1. The summed E-state index contributed by atoms with van der Waals surface area (Å²) in [6, 6.07) is 14.2. The molecule has 0 radical (unpaired) electrons. The van der Waals surface area contributed by atoms with E-state index in [1.807, 2.05) is 6.07 Å². The van der Waals surface area contributed by atoms with Crippen LogP contribution in [-0.2, 0) is 0 Å². The molecule has 32 heavy (non-hydrogen) atoms. The Balaban J connectivity index is 1.85. The highest BCUT2D eigenvalue weighted by molar-refractivity contribution is 6.04. The number of hydrogen-bond donors (Lipinski definition) is 1. The fourth-order valence-corrected chi connectivity index (χ4v) is 3.83. The molecule has 2 aromatic carbocycles. The highest BCUT2D eigenvalue weighted by atomic mass is 16.5. The number of carbonyl (C=O) groups is 1. The molecule has 0 aliphatic rings. The van der Waals surface area contributed by atoms with Crippen LogP contribution in [-0.4, -0.2) is 53.9 Å². The van der Waals surface area contributed by atoms with Gasteiger partial charge in [0.15, 0.2) is 5.69 Å². The molecule has 0 spiro atoms. The first kappa shape index (κ1) is 23.5. The summed E-state index contributed by atoms with van der Waals surface area (Å²) in [4.78, 5) is 28.5. The summed E-state index contributed by atoms with van der Waals surface area (Å²) in [5, 5.41) is 8.43. The smallest absolute Gasteiger partial charge is 0.279 e. The first-order valence-electron chi connectivity index (χ1n) is 11.3. The Morgan fingerprint density at radius 1 is 1.03 bits per heavy atom. The molecule has 0 saturated carbocycles. The van der Waals surface area contributed by atoms with Crippen LogP contribution in [0.1, 0.15) is 43.6 Å². The zero-order chi connectivity index (χ0) is 22.9. The van der Waals surface area contributed by atoms with Gasteiger partial charge >= 0.3 is 0 Å². The summed E-state index contributed by atoms with van der Waals surface area (Å²) in [5.74, 6) is 0.328. The molecule has 0 fully saturated rings. The molecule has 7 nitrogen and oxygen atoms in total. The Bertz CT molecular complexity index is 1100. The second kappa shape index (κ2) is 11.4. The van der Waals surface area contributed by atoms with Crippen molar-refractivity contribution in [2.75, 3.05) is 33.3 Å². The fraction of sp³-hybridized carbons (Fsp3) is 0.400. The number of carbonyl (C=O) groups excluding carboxylic acids is 1. The van der Waals surface area contributed by atoms with Crippen molar-refractivity contribution < 1.29 is 9.53 Å². The van der Waals surface area contributed by atoms with Gasteiger partial charge in [-0.1, -0.05) is 38.1 Å². The van der Waals surface area contributed by atoms with E-state index in [2.05, 4.69) is 29.2 Å². The summed E-state index contributed by atoms with van der Waals surface area (Å²) in [5.41, 5.74) is 0.506. The van der Waals surface area contributed by atoms with Gasteiger partial charge in [-0.2, -0.15) is 9.78 Å². The molecule has 1 aromatic heterocycles. The molecule has 170 valence electrons. The average molecular weight is 437 g/mol. The molecule has 7 heteroatoms. The van der Waals surface area contributed by atoms with E-state index in [1.165, 1.54) is 4.68 Å². The maximum Gasteiger partial charge on any atom is 0.279 e. The van der Waals surface area contributed by atoms with Gasteiger partial charge in [-0.3, -0.25) is 9.59 Å². The number of rotatable bonds is 11. The standard InChI is InChI=1S/C25H32N4O3/c1-4-15-28(16-5-2)17-9-14-26-24(30)23-21-12-6-7-13-22(21)25(31)29(27-23)19-10-8-11-20(18-19)32-3/h6-8,10-13,18H,4-5,9,14-17H2,1-3H3,(H,26,30). The van der Waals surface area contributed by atoms with Crippen LogP contribution in [0.3, 0.4) is 0 Å². The summed E-state index contributed by atoms with van der Waals surface area (Å²) in [6.45, 7) is 7.99. The van der Waals surface area contributed by atoms with E-state index in [1.54, 1.807) is 49.6 Å².